The van der Waals surface area contributed by atoms with Crippen LogP contribution in [0.4, 0.5) is 0 Å². The fourth-order valence-electron chi connectivity index (χ4n) is 1.40. The molecule has 0 saturated heterocycles. The van der Waals surface area contributed by atoms with E-state index in [1.165, 1.54) is 0 Å². The second-order valence-electron chi connectivity index (χ2n) is 3.04. The number of rotatable bonds is 1. The van der Waals surface area contributed by atoms with Crippen LogP contribution in [0.15, 0.2) is 18.3 Å². The summed E-state index contributed by atoms with van der Waals surface area (Å²) in [6.45, 7) is 1.83. The van der Waals surface area contributed by atoms with Gasteiger partial charge in [0.1, 0.15) is 0 Å². The fourth-order valence-corrected chi connectivity index (χ4v) is 1.40. The molecule has 0 bridgehead atoms. The quantitative estimate of drug-likeness (QED) is 0.515. The van der Waals surface area contributed by atoms with Gasteiger partial charge in [-0.1, -0.05) is 5.56 Å². The molecule has 0 spiro atoms. The highest BCUT2D eigenvalue weighted by molar-refractivity contribution is 6.59. The van der Waals surface area contributed by atoms with Crippen molar-refractivity contribution in [1.82, 2.24) is 10.2 Å². The van der Waals surface area contributed by atoms with Crippen molar-refractivity contribution in [2.45, 2.75) is 6.92 Å². The SMILES string of the molecule is Cc1cc2cn[nH]c2cc1B(O)O. The molecule has 0 aliphatic rings. The molecule has 13 heavy (non-hydrogen) atoms. The van der Waals surface area contributed by atoms with Crippen molar-refractivity contribution in [3.05, 3.63) is 23.9 Å². The Morgan fingerprint density at radius 3 is 2.85 bits per heavy atom. The number of aromatic nitrogens is 2. The summed E-state index contributed by atoms with van der Waals surface area (Å²) in [5, 5.41) is 25.6. The number of aryl methyl sites for hydroxylation is 1. The van der Waals surface area contributed by atoms with Gasteiger partial charge in [-0.15, -0.1) is 0 Å². The van der Waals surface area contributed by atoms with E-state index in [1.54, 1.807) is 12.3 Å². The number of H-pyrrole nitrogens is 1. The Labute approximate surface area is 75.4 Å². The number of benzene rings is 1. The molecule has 0 radical (unpaired) electrons. The molecular formula is C8H9BN2O2. The maximum absolute atomic E-state index is 9.02. The predicted octanol–water partition coefficient (Wildman–Crippen LogP) is -0.449. The highest BCUT2D eigenvalue weighted by Crippen LogP contribution is 2.10. The molecule has 0 aliphatic carbocycles. The molecule has 3 N–H and O–H groups in total. The average molecular weight is 176 g/mol. The van der Waals surface area contributed by atoms with E-state index in [2.05, 4.69) is 10.2 Å². The van der Waals surface area contributed by atoms with Crippen LogP contribution in [0.2, 0.25) is 0 Å². The number of aromatic amines is 1. The number of hydrogen-bond acceptors (Lipinski definition) is 3. The van der Waals surface area contributed by atoms with E-state index in [0.717, 1.165) is 16.5 Å². The summed E-state index contributed by atoms with van der Waals surface area (Å²) in [6.07, 6.45) is 1.70. The van der Waals surface area contributed by atoms with Crippen LogP contribution < -0.4 is 5.46 Å². The third-order valence-electron chi connectivity index (χ3n) is 2.11. The van der Waals surface area contributed by atoms with Crippen molar-refractivity contribution < 1.29 is 10.0 Å². The number of hydrogen-bond donors (Lipinski definition) is 3. The van der Waals surface area contributed by atoms with Crippen LogP contribution in [0.1, 0.15) is 5.56 Å². The standard InChI is InChI=1S/C8H9BN2O2/c1-5-2-6-4-10-11-8(6)3-7(5)9(12)13/h2-4,12-13H,1H3,(H,10,11). The van der Waals surface area contributed by atoms with Crippen LogP contribution in [0, 0.1) is 6.92 Å². The smallest absolute Gasteiger partial charge is 0.423 e. The van der Waals surface area contributed by atoms with Crippen molar-refractivity contribution in [2.75, 3.05) is 0 Å². The summed E-state index contributed by atoms with van der Waals surface area (Å²) in [4.78, 5) is 0. The third-order valence-corrected chi connectivity index (χ3v) is 2.11. The molecule has 4 nitrogen and oxygen atoms in total. The largest absolute Gasteiger partial charge is 0.488 e. The Bertz CT molecular complexity index is 439. The van der Waals surface area contributed by atoms with Crippen LogP contribution >= 0.6 is 0 Å². The lowest BCUT2D eigenvalue weighted by molar-refractivity contribution is 0.425. The van der Waals surface area contributed by atoms with Gasteiger partial charge < -0.3 is 10.0 Å². The highest BCUT2D eigenvalue weighted by atomic mass is 16.4. The number of fused-ring (bicyclic) bond motifs is 1. The van der Waals surface area contributed by atoms with E-state index in [9.17, 15) is 0 Å². The summed E-state index contributed by atoms with van der Waals surface area (Å²) in [5.41, 5.74) is 2.18. The minimum absolute atomic E-state index is 0.511. The summed E-state index contributed by atoms with van der Waals surface area (Å²) < 4.78 is 0. The van der Waals surface area contributed by atoms with Crippen molar-refractivity contribution in [3.8, 4) is 0 Å². The lowest BCUT2D eigenvalue weighted by Crippen LogP contribution is -2.31. The average Bonchev–Trinajstić information content (AvgIpc) is 2.48. The van der Waals surface area contributed by atoms with Crippen LogP contribution in [0.3, 0.4) is 0 Å². The van der Waals surface area contributed by atoms with Gasteiger partial charge in [-0.2, -0.15) is 5.10 Å². The Morgan fingerprint density at radius 1 is 1.38 bits per heavy atom. The zero-order chi connectivity index (χ0) is 9.42. The maximum atomic E-state index is 9.02. The molecule has 5 heteroatoms. The first-order chi connectivity index (χ1) is 6.18. The molecule has 0 unspecified atom stereocenters. The monoisotopic (exact) mass is 176 g/mol. The van der Waals surface area contributed by atoms with E-state index in [0.29, 0.717) is 5.46 Å². The Morgan fingerprint density at radius 2 is 2.15 bits per heavy atom. The minimum atomic E-state index is -1.42. The van der Waals surface area contributed by atoms with Gasteiger partial charge in [-0.05, 0) is 24.5 Å². The van der Waals surface area contributed by atoms with Gasteiger partial charge in [-0.3, -0.25) is 5.10 Å². The predicted molar refractivity (Wildman–Crippen MR) is 50.7 cm³/mol. The second-order valence-corrected chi connectivity index (χ2v) is 3.04. The van der Waals surface area contributed by atoms with Crippen molar-refractivity contribution in [2.24, 2.45) is 0 Å². The van der Waals surface area contributed by atoms with Crippen LogP contribution in [-0.4, -0.2) is 27.4 Å². The Hall–Kier alpha value is -1.33. The molecular weight excluding hydrogens is 167 g/mol. The van der Waals surface area contributed by atoms with Gasteiger partial charge in [0, 0.05) is 5.39 Å². The normalized spacial score (nSPS) is 10.7. The second kappa shape index (κ2) is 2.87. The van der Waals surface area contributed by atoms with Crippen LogP contribution in [0.25, 0.3) is 10.9 Å². The van der Waals surface area contributed by atoms with E-state index < -0.39 is 7.12 Å². The van der Waals surface area contributed by atoms with E-state index >= 15 is 0 Å². The topological polar surface area (TPSA) is 69.1 Å². The van der Waals surface area contributed by atoms with E-state index in [1.807, 2.05) is 13.0 Å². The van der Waals surface area contributed by atoms with Crippen molar-refractivity contribution in [1.29, 1.82) is 0 Å². The van der Waals surface area contributed by atoms with Crippen molar-refractivity contribution in [3.63, 3.8) is 0 Å². The summed E-state index contributed by atoms with van der Waals surface area (Å²) in [7, 11) is -1.42. The fraction of sp³-hybridized carbons (Fsp3) is 0.125. The van der Waals surface area contributed by atoms with Crippen LogP contribution in [-0.2, 0) is 0 Å². The van der Waals surface area contributed by atoms with E-state index in [-0.39, 0.29) is 0 Å². The molecule has 1 heterocycles. The van der Waals surface area contributed by atoms with Gasteiger partial charge in [-0.25, -0.2) is 0 Å². The first-order valence-electron chi connectivity index (χ1n) is 3.98. The first-order valence-corrected chi connectivity index (χ1v) is 3.98. The molecule has 1 aromatic carbocycles. The molecule has 0 fully saturated rings. The van der Waals surface area contributed by atoms with Gasteiger partial charge in [0.2, 0.25) is 0 Å². The van der Waals surface area contributed by atoms with Gasteiger partial charge in [0.15, 0.2) is 0 Å². The maximum Gasteiger partial charge on any atom is 0.488 e. The van der Waals surface area contributed by atoms with Crippen LogP contribution in [0.5, 0.6) is 0 Å². The number of nitrogens with zero attached hydrogens (tertiary/aromatic N) is 1. The zero-order valence-electron chi connectivity index (χ0n) is 7.15. The third kappa shape index (κ3) is 1.32. The number of nitrogens with one attached hydrogen (secondary N) is 1. The molecule has 0 aliphatic heterocycles. The van der Waals surface area contributed by atoms with Gasteiger partial charge in [0.05, 0.1) is 11.7 Å². The highest BCUT2D eigenvalue weighted by Gasteiger charge is 2.14. The van der Waals surface area contributed by atoms with Crippen molar-refractivity contribution >= 4 is 23.5 Å². The molecule has 0 saturated carbocycles. The minimum Gasteiger partial charge on any atom is -0.423 e. The molecule has 1 aromatic heterocycles. The van der Waals surface area contributed by atoms with E-state index in [4.69, 9.17) is 10.0 Å². The molecule has 2 aromatic rings. The molecule has 0 amide bonds. The lowest BCUT2D eigenvalue weighted by Gasteiger charge is -2.03. The molecule has 0 atom stereocenters. The summed E-state index contributed by atoms with van der Waals surface area (Å²) >= 11 is 0. The Kier molecular flexibility index (Phi) is 1.83. The Balaban J connectivity index is 2.69. The molecule has 66 valence electrons. The first kappa shape index (κ1) is 8.28. The lowest BCUT2D eigenvalue weighted by atomic mass is 9.77. The summed E-state index contributed by atoms with van der Waals surface area (Å²) in [5.74, 6) is 0. The van der Waals surface area contributed by atoms with Gasteiger partial charge >= 0.3 is 7.12 Å². The van der Waals surface area contributed by atoms with Gasteiger partial charge in [0.25, 0.3) is 0 Å². The summed E-state index contributed by atoms with van der Waals surface area (Å²) in [6, 6.07) is 3.57. The zero-order valence-corrected chi connectivity index (χ0v) is 7.15. The molecule has 2 rings (SSSR count).